The highest BCUT2D eigenvalue weighted by molar-refractivity contribution is 6.30. The zero-order valence-corrected chi connectivity index (χ0v) is 17.0. The standard InChI is InChI=1S/C23H26ClN3O2/c24-17-3-1-13(2-4-17)9-18-5-6-19(26-18)21(28)27-20-15-7-14-8-16(20)12-23(10-14,11-15)22(25)29/h1-6,14-16,20,26H,7-12H2,(H2,25,29)(H,27,28). The van der Waals surface area contributed by atoms with Crippen LogP contribution in [0.1, 0.15) is 53.8 Å². The van der Waals surface area contributed by atoms with Crippen LogP contribution in [0.4, 0.5) is 0 Å². The van der Waals surface area contributed by atoms with Crippen LogP contribution < -0.4 is 11.1 Å². The first kappa shape index (κ1) is 18.7. The van der Waals surface area contributed by atoms with Crippen molar-refractivity contribution >= 4 is 23.4 Å². The van der Waals surface area contributed by atoms with Crippen LogP contribution in [0.3, 0.4) is 0 Å². The summed E-state index contributed by atoms with van der Waals surface area (Å²) in [4.78, 5) is 28.3. The number of hydrogen-bond acceptors (Lipinski definition) is 2. The van der Waals surface area contributed by atoms with E-state index in [0.29, 0.717) is 28.5 Å². The molecule has 4 bridgehead atoms. The first-order chi connectivity index (χ1) is 13.9. The van der Waals surface area contributed by atoms with Crippen LogP contribution in [-0.2, 0) is 11.2 Å². The third-order valence-electron chi connectivity index (χ3n) is 7.39. The number of amides is 2. The van der Waals surface area contributed by atoms with Gasteiger partial charge < -0.3 is 16.0 Å². The van der Waals surface area contributed by atoms with Crippen LogP contribution in [0.2, 0.25) is 5.02 Å². The minimum atomic E-state index is -0.324. The normalized spacial score (nSPS) is 32.3. The van der Waals surface area contributed by atoms with Crippen molar-refractivity contribution in [3.05, 3.63) is 58.4 Å². The van der Waals surface area contributed by atoms with E-state index >= 15 is 0 Å². The van der Waals surface area contributed by atoms with Crippen molar-refractivity contribution in [2.45, 2.75) is 44.6 Å². The van der Waals surface area contributed by atoms with E-state index in [1.807, 2.05) is 36.4 Å². The van der Waals surface area contributed by atoms with Crippen molar-refractivity contribution in [3.63, 3.8) is 0 Å². The van der Waals surface area contributed by atoms with Crippen LogP contribution in [0, 0.1) is 23.2 Å². The predicted molar refractivity (Wildman–Crippen MR) is 111 cm³/mol. The Hall–Kier alpha value is -2.27. The zero-order chi connectivity index (χ0) is 20.2. The second-order valence-corrected chi connectivity index (χ2v) is 9.75. The van der Waals surface area contributed by atoms with Crippen LogP contribution in [0.5, 0.6) is 0 Å². The van der Waals surface area contributed by atoms with Gasteiger partial charge >= 0.3 is 0 Å². The highest BCUT2D eigenvalue weighted by Gasteiger charge is 2.58. The molecule has 0 saturated heterocycles. The van der Waals surface area contributed by atoms with Gasteiger partial charge in [0.1, 0.15) is 5.69 Å². The van der Waals surface area contributed by atoms with Crippen LogP contribution in [0.15, 0.2) is 36.4 Å². The Morgan fingerprint density at radius 3 is 2.41 bits per heavy atom. The average Bonchev–Trinajstić information content (AvgIpc) is 3.14. The number of H-pyrrole nitrogens is 1. The molecule has 2 aromatic rings. The lowest BCUT2D eigenvalue weighted by molar-refractivity contribution is -0.145. The maximum Gasteiger partial charge on any atom is 0.267 e. The summed E-state index contributed by atoms with van der Waals surface area (Å²) in [6.07, 6.45) is 5.52. The zero-order valence-electron chi connectivity index (χ0n) is 16.3. The molecule has 0 spiro atoms. The Morgan fingerprint density at radius 2 is 1.76 bits per heavy atom. The van der Waals surface area contributed by atoms with Gasteiger partial charge in [0.15, 0.2) is 0 Å². The summed E-state index contributed by atoms with van der Waals surface area (Å²) in [7, 11) is 0. The maximum atomic E-state index is 12.9. The van der Waals surface area contributed by atoms with Crippen molar-refractivity contribution in [1.82, 2.24) is 10.3 Å². The Kier molecular flexibility index (Phi) is 4.46. The van der Waals surface area contributed by atoms with Gasteiger partial charge in [-0.15, -0.1) is 0 Å². The van der Waals surface area contributed by atoms with Gasteiger partial charge in [0.05, 0.1) is 0 Å². The first-order valence-electron chi connectivity index (χ1n) is 10.4. The summed E-state index contributed by atoms with van der Waals surface area (Å²) < 4.78 is 0. The minimum Gasteiger partial charge on any atom is -0.369 e. The number of halogens is 1. The molecule has 1 aromatic heterocycles. The quantitative estimate of drug-likeness (QED) is 0.700. The molecule has 1 heterocycles. The predicted octanol–water partition coefficient (Wildman–Crippen LogP) is 3.67. The average molecular weight is 412 g/mol. The number of carbonyl (C=O) groups is 2. The molecular formula is C23H26ClN3O2. The van der Waals surface area contributed by atoms with Crippen molar-refractivity contribution in [3.8, 4) is 0 Å². The Labute approximate surface area is 175 Å². The van der Waals surface area contributed by atoms with Crippen molar-refractivity contribution in [1.29, 1.82) is 0 Å². The molecule has 1 aromatic carbocycles. The number of nitrogens with one attached hydrogen (secondary N) is 2. The van der Waals surface area contributed by atoms with Gasteiger partial charge in [-0.3, -0.25) is 9.59 Å². The van der Waals surface area contributed by atoms with Crippen LogP contribution in [-0.4, -0.2) is 22.8 Å². The molecule has 4 fully saturated rings. The summed E-state index contributed by atoms with van der Waals surface area (Å²) in [6, 6.07) is 11.7. The molecule has 4 N–H and O–H groups in total. The number of aromatic amines is 1. The summed E-state index contributed by atoms with van der Waals surface area (Å²) in [6.45, 7) is 0. The summed E-state index contributed by atoms with van der Waals surface area (Å²) >= 11 is 5.94. The van der Waals surface area contributed by atoms with Crippen LogP contribution in [0.25, 0.3) is 0 Å². The van der Waals surface area contributed by atoms with Gasteiger partial charge in [-0.25, -0.2) is 0 Å². The van der Waals surface area contributed by atoms with E-state index in [-0.39, 0.29) is 23.3 Å². The van der Waals surface area contributed by atoms with E-state index < -0.39 is 0 Å². The second kappa shape index (κ2) is 6.91. The smallest absolute Gasteiger partial charge is 0.267 e. The number of carbonyl (C=O) groups excluding carboxylic acids is 2. The lowest BCUT2D eigenvalue weighted by atomic mass is 9.47. The molecule has 2 atom stereocenters. The minimum absolute atomic E-state index is 0.0574. The van der Waals surface area contributed by atoms with E-state index in [4.69, 9.17) is 17.3 Å². The molecule has 6 heteroatoms. The second-order valence-electron chi connectivity index (χ2n) is 9.31. The van der Waals surface area contributed by atoms with Crippen molar-refractivity contribution < 1.29 is 9.59 Å². The largest absolute Gasteiger partial charge is 0.369 e. The van der Waals surface area contributed by atoms with Gasteiger partial charge in [-0.1, -0.05) is 23.7 Å². The lowest BCUT2D eigenvalue weighted by Crippen LogP contribution is -2.62. The molecule has 0 aliphatic heterocycles. The van der Waals surface area contributed by atoms with Gasteiger partial charge in [-0.05, 0) is 79.7 Å². The number of rotatable bonds is 5. The highest BCUT2D eigenvalue weighted by atomic mass is 35.5. The van der Waals surface area contributed by atoms with E-state index in [1.54, 1.807) is 0 Å². The number of nitrogens with two attached hydrogens (primary N) is 1. The fourth-order valence-corrected chi connectivity index (χ4v) is 6.41. The number of aromatic nitrogens is 1. The van der Waals surface area contributed by atoms with Gasteiger partial charge in [0.2, 0.25) is 5.91 Å². The fourth-order valence-electron chi connectivity index (χ4n) is 6.29. The van der Waals surface area contributed by atoms with Gasteiger partial charge in [-0.2, -0.15) is 0 Å². The molecule has 4 aliphatic rings. The molecule has 2 unspecified atom stereocenters. The molecule has 6 rings (SSSR count). The van der Waals surface area contributed by atoms with E-state index in [9.17, 15) is 9.59 Å². The monoisotopic (exact) mass is 411 g/mol. The number of benzene rings is 1. The topological polar surface area (TPSA) is 88.0 Å². The lowest BCUT2D eigenvalue weighted by Gasteiger charge is -2.58. The number of primary amides is 1. The molecular weight excluding hydrogens is 386 g/mol. The summed E-state index contributed by atoms with van der Waals surface area (Å²) in [5, 5.41) is 4.00. The molecule has 2 amide bonds. The van der Waals surface area contributed by atoms with Gasteiger partial charge in [0, 0.05) is 28.6 Å². The first-order valence-corrected chi connectivity index (χ1v) is 10.8. The van der Waals surface area contributed by atoms with E-state index in [2.05, 4.69) is 10.3 Å². The summed E-state index contributed by atoms with van der Waals surface area (Å²) in [5.74, 6) is 1.11. The molecule has 0 radical (unpaired) electrons. The molecule has 5 nitrogen and oxygen atoms in total. The Balaban J connectivity index is 1.26. The summed E-state index contributed by atoms with van der Waals surface area (Å²) in [5.41, 5.74) is 8.17. The van der Waals surface area contributed by atoms with E-state index in [0.717, 1.165) is 49.8 Å². The fraction of sp³-hybridized carbons (Fsp3) is 0.478. The Bertz CT molecular complexity index is 935. The van der Waals surface area contributed by atoms with E-state index in [1.165, 1.54) is 0 Å². The SMILES string of the molecule is NC(=O)C12CC3CC(C1)C(NC(=O)c1ccc(Cc4ccc(Cl)cc4)[nH]1)C(C3)C2. The molecule has 29 heavy (non-hydrogen) atoms. The Morgan fingerprint density at radius 1 is 1.07 bits per heavy atom. The van der Waals surface area contributed by atoms with Crippen molar-refractivity contribution in [2.75, 3.05) is 0 Å². The highest BCUT2D eigenvalue weighted by Crippen LogP contribution is 2.59. The number of hydrogen-bond donors (Lipinski definition) is 3. The van der Waals surface area contributed by atoms with Gasteiger partial charge in [0.25, 0.3) is 5.91 Å². The third-order valence-corrected chi connectivity index (χ3v) is 7.64. The van der Waals surface area contributed by atoms with Crippen LogP contribution >= 0.6 is 11.6 Å². The third kappa shape index (κ3) is 3.35. The maximum absolute atomic E-state index is 12.9. The van der Waals surface area contributed by atoms with Crippen molar-refractivity contribution in [2.24, 2.45) is 28.9 Å². The molecule has 4 aliphatic carbocycles. The molecule has 152 valence electrons. The molecule has 4 saturated carbocycles.